The third kappa shape index (κ3) is 3.14. The van der Waals surface area contributed by atoms with Crippen LogP contribution in [-0.2, 0) is 6.54 Å². The molecule has 4 rings (SSSR count). The highest BCUT2D eigenvalue weighted by atomic mass is 15.2. The molecule has 0 aliphatic carbocycles. The maximum atomic E-state index is 4.78. The zero-order valence-electron chi connectivity index (χ0n) is 12.8. The van der Waals surface area contributed by atoms with Crippen molar-refractivity contribution in [3.05, 3.63) is 54.8 Å². The minimum atomic E-state index is 0.419. The Kier molecular flexibility index (Phi) is 3.85. The predicted molar refractivity (Wildman–Crippen MR) is 85.0 cm³/mol. The van der Waals surface area contributed by atoms with E-state index in [1.165, 1.54) is 6.42 Å². The molecular weight excluding hydrogens is 290 g/mol. The van der Waals surface area contributed by atoms with Gasteiger partial charge < -0.3 is 0 Å². The second-order valence-electron chi connectivity index (χ2n) is 5.93. The Balaban J connectivity index is 1.50. The molecule has 0 radical (unpaired) electrons. The normalized spacial score (nSPS) is 19.0. The fraction of sp³-hybridized carbons (Fsp3) is 0.375. The second-order valence-corrected chi connectivity index (χ2v) is 5.93. The lowest BCUT2D eigenvalue weighted by molar-refractivity contribution is 0.196. The molecule has 0 saturated carbocycles. The molecule has 1 aliphatic rings. The molecule has 3 aromatic heterocycles. The minimum Gasteiger partial charge on any atom is -0.297 e. The first kappa shape index (κ1) is 14.1. The first-order valence-electron chi connectivity index (χ1n) is 7.89. The monoisotopic (exact) mass is 309 g/mol. The van der Waals surface area contributed by atoms with Crippen LogP contribution in [0.5, 0.6) is 0 Å². The number of hydrogen-bond acceptors (Lipinski definition) is 5. The summed E-state index contributed by atoms with van der Waals surface area (Å²) >= 11 is 0. The SMILES string of the molecule is c1cn(-c2cncc([C@@H]3CCCN(Cc4ccn[nH]4)C3)n2)cn1. The van der Waals surface area contributed by atoms with Gasteiger partial charge in [0.1, 0.15) is 6.33 Å². The van der Waals surface area contributed by atoms with Crippen LogP contribution >= 0.6 is 0 Å². The number of hydrogen-bond donors (Lipinski definition) is 1. The van der Waals surface area contributed by atoms with Gasteiger partial charge in [-0.15, -0.1) is 0 Å². The van der Waals surface area contributed by atoms with Gasteiger partial charge in [0.05, 0.1) is 11.9 Å². The molecule has 7 nitrogen and oxygen atoms in total. The molecule has 0 bridgehead atoms. The standard InChI is InChI=1S/C16H19N7/c1-2-13(10-22(6-1)11-14-3-4-19-21-14)15-8-18-9-16(20-15)23-7-5-17-12-23/h3-5,7-9,12-13H,1-2,6,10-11H2,(H,19,21)/t13-/m1/s1. The zero-order valence-corrected chi connectivity index (χ0v) is 12.8. The Bertz CT molecular complexity index is 736. The number of aromatic nitrogens is 6. The summed E-state index contributed by atoms with van der Waals surface area (Å²) in [5, 5.41) is 7.06. The van der Waals surface area contributed by atoms with Gasteiger partial charge in [0, 0.05) is 49.5 Å². The van der Waals surface area contributed by atoms with E-state index in [4.69, 9.17) is 4.98 Å². The van der Waals surface area contributed by atoms with Crippen molar-refractivity contribution in [3.8, 4) is 5.82 Å². The molecule has 23 heavy (non-hydrogen) atoms. The Hall–Kier alpha value is -2.54. The van der Waals surface area contributed by atoms with Gasteiger partial charge in [-0.2, -0.15) is 5.10 Å². The van der Waals surface area contributed by atoms with Crippen molar-refractivity contribution >= 4 is 0 Å². The van der Waals surface area contributed by atoms with Crippen molar-refractivity contribution in [1.29, 1.82) is 0 Å². The molecule has 1 saturated heterocycles. The van der Waals surface area contributed by atoms with Crippen molar-refractivity contribution in [2.24, 2.45) is 0 Å². The minimum absolute atomic E-state index is 0.419. The first-order valence-corrected chi connectivity index (χ1v) is 7.89. The van der Waals surface area contributed by atoms with Gasteiger partial charge in [-0.1, -0.05) is 0 Å². The molecular formula is C16H19N7. The molecule has 1 N–H and O–H groups in total. The summed E-state index contributed by atoms with van der Waals surface area (Å²) < 4.78 is 1.89. The van der Waals surface area contributed by atoms with Crippen LogP contribution in [0.3, 0.4) is 0 Å². The highest BCUT2D eigenvalue weighted by Crippen LogP contribution is 2.26. The van der Waals surface area contributed by atoms with E-state index in [2.05, 4.69) is 25.1 Å². The molecule has 0 aromatic carbocycles. The van der Waals surface area contributed by atoms with Crippen molar-refractivity contribution in [3.63, 3.8) is 0 Å². The molecule has 1 aliphatic heterocycles. The van der Waals surface area contributed by atoms with Gasteiger partial charge in [-0.25, -0.2) is 9.97 Å². The molecule has 1 atom stereocenters. The van der Waals surface area contributed by atoms with E-state index in [0.29, 0.717) is 5.92 Å². The van der Waals surface area contributed by atoms with E-state index in [9.17, 15) is 0 Å². The highest BCUT2D eigenvalue weighted by Gasteiger charge is 2.23. The zero-order chi connectivity index (χ0) is 15.5. The van der Waals surface area contributed by atoms with Crippen LogP contribution < -0.4 is 0 Å². The van der Waals surface area contributed by atoms with Crippen LogP contribution in [0, 0.1) is 0 Å². The second kappa shape index (κ2) is 6.29. The molecule has 1 fully saturated rings. The lowest BCUT2D eigenvalue weighted by Gasteiger charge is -2.32. The van der Waals surface area contributed by atoms with Crippen molar-refractivity contribution in [1.82, 2.24) is 34.6 Å². The smallest absolute Gasteiger partial charge is 0.156 e. The highest BCUT2D eigenvalue weighted by molar-refractivity contribution is 5.21. The van der Waals surface area contributed by atoms with Gasteiger partial charge in [0.25, 0.3) is 0 Å². The van der Waals surface area contributed by atoms with E-state index < -0.39 is 0 Å². The molecule has 0 amide bonds. The summed E-state index contributed by atoms with van der Waals surface area (Å²) in [6, 6.07) is 2.03. The topological polar surface area (TPSA) is 75.5 Å². The number of imidazole rings is 1. The van der Waals surface area contributed by atoms with Gasteiger partial charge in [-0.05, 0) is 25.5 Å². The number of nitrogens with zero attached hydrogens (tertiary/aromatic N) is 6. The lowest BCUT2D eigenvalue weighted by atomic mass is 9.95. The fourth-order valence-corrected chi connectivity index (χ4v) is 3.14. The first-order chi connectivity index (χ1) is 11.4. The Morgan fingerprint density at radius 3 is 3.04 bits per heavy atom. The van der Waals surface area contributed by atoms with Gasteiger partial charge in [0.15, 0.2) is 5.82 Å². The summed E-state index contributed by atoms with van der Waals surface area (Å²) in [5.41, 5.74) is 2.22. The fourth-order valence-electron chi connectivity index (χ4n) is 3.14. The molecule has 0 spiro atoms. The van der Waals surface area contributed by atoms with Gasteiger partial charge in [0.2, 0.25) is 0 Å². The van der Waals surface area contributed by atoms with Crippen LogP contribution in [0.25, 0.3) is 5.82 Å². The number of H-pyrrole nitrogens is 1. The molecule has 3 aromatic rings. The third-order valence-electron chi connectivity index (χ3n) is 4.29. The van der Waals surface area contributed by atoms with E-state index in [1.807, 2.05) is 23.0 Å². The third-order valence-corrected chi connectivity index (χ3v) is 4.29. The van der Waals surface area contributed by atoms with E-state index in [0.717, 1.165) is 43.3 Å². The van der Waals surface area contributed by atoms with Crippen molar-refractivity contribution in [2.45, 2.75) is 25.3 Å². The Morgan fingerprint density at radius 1 is 1.22 bits per heavy atom. The molecule has 7 heteroatoms. The van der Waals surface area contributed by atoms with Crippen LogP contribution in [0.1, 0.15) is 30.1 Å². The number of rotatable bonds is 4. The number of piperidine rings is 1. The number of nitrogens with one attached hydrogen (secondary N) is 1. The van der Waals surface area contributed by atoms with Crippen LogP contribution in [0.2, 0.25) is 0 Å². The quantitative estimate of drug-likeness (QED) is 0.795. The molecule has 4 heterocycles. The molecule has 0 unspecified atom stereocenters. The van der Waals surface area contributed by atoms with Gasteiger partial charge >= 0.3 is 0 Å². The van der Waals surface area contributed by atoms with Crippen LogP contribution in [0.4, 0.5) is 0 Å². The Labute approximate surface area is 134 Å². The van der Waals surface area contributed by atoms with E-state index in [1.54, 1.807) is 24.9 Å². The summed E-state index contributed by atoms with van der Waals surface area (Å²) in [6.07, 6.45) is 13.2. The average molecular weight is 309 g/mol. The number of aromatic amines is 1. The summed E-state index contributed by atoms with van der Waals surface area (Å²) in [5.74, 6) is 1.24. The van der Waals surface area contributed by atoms with Crippen molar-refractivity contribution in [2.75, 3.05) is 13.1 Å². The van der Waals surface area contributed by atoms with E-state index >= 15 is 0 Å². The summed E-state index contributed by atoms with van der Waals surface area (Å²) in [6.45, 7) is 3.02. The van der Waals surface area contributed by atoms with Gasteiger partial charge in [-0.3, -0.25) is 19.5 Å². The van der Waals surface area contributed by atoms with E-state index in [-0.39, 0.29) is 0 Å². The predicted octanol–water partition coefficient (Wildman–Crippen LogP) is 1.76. The number of likely N-dealkylation sites (tertiary alicyclic amines) is 1. The largest absolute Gasteiger partial charge is 0.297 e. The van der Waals surface area contributed by atoms with Crippen molar-refractivity contribution < 1.29 is 0 Å². The average Bonchev–Trinajstić information content (AvgIpc) is 3.29. The Morgan fingerprint density at radius 2 is 2.22 bits per heavy atom. The van der Waals surface area contributed by atoms with Crippen LogP contribution in [-0.4, -0.2) is 47.7 Å². The maximum absolute atomic E-state index is 4.78. The molecule has 118 valence electrons. The maximum Gasteiger partial charge on any atom is 0.156 e. The summed E-state index contributed by atoms with van der Waals surface area (Å²) in [4.78, 5) is 15.7. The summed E-state index contributed by atoms with van der Waals surface area (Å²) in [7, 11) is 0. The van der Waals surface area contributed by atoms with Crippen LogP contribution in [0.15, 0.2) is 43.4 Å². The lowest BCUT2D eigenvalue weighted by Crippen LogP contribution is -2.34.